The molecular formula is C22H26Cl2N2O3. The van der Waals surface area contributed by atoms with Crippen molar-refractivity contribution in [1.29, 1.82) is 0 Å². The molecule has 156 valence electrons. The Morgan fingerprint density at radius 1 is 1.07 bits per heavy atom. The standard InChI is InChI=1S/C22H26Cl2N2O3/c1-15(21(28)25-22(2,3)4)26(13-16-8-10-17(23)11-9-16)20(27)14-29-19-7-5-6-18(24)12-19/h5-12,15H,13-14H2,1-4H3,(H,25,28)/t15-/m1/s1. The van der Waals surface area contributed by atoms with Crippen LogP contribution < -0.4 is 10.1 Å². The molecule has 0 aliphatic carbocycles. The minimum absolute atomic E-state index is 0.207. The summed E-state index contributed by atoms with van der Waals surface area (Å²) in [5.41, 5.74) is 0.457. The van der Waals surface area contributed by atoms with E-state index in [2.05, 4.69) is 5.32 Å². The van der Waals surface area contributed by atoms with E-state index >= 15 is 0 Å². The number of hydrogen-bond acceptors (Lipinski definition) is 3. The SMILES string of the molecule is C[C@H](C(=O)NC(C)(C)C)N(Cc1ccc(Cl)cc1)C(=O)COc1cccc(Cl)c1. The number of carbonyl (C=O) groups excluding carboxylic acids is 2. The molecule has 2 rings (SSSR count). The summed E-state index contributed by atoms with van der Waals surface area (Å²) >= 11 is 11.9. The minimum Gasteiger partial charge on any atom is -0.484 e. The van der Waals surface area contributed by atoms with Crippen LogP contribution in [0.2, 0.25) is 10.0 Å². The van der Waals surface area contributed by atoms with E-state index in [1.54, 1.807) is 43.3 Å². The molecule has 2 amide bonds. The van der Waals surface area contributed by atoms with E-state index in [0.29, 0.717) is 15.8 Å². The lowest BCUT2D eigenvalue weighted by Crippen LogP contribution is -2.53. The van der Waals surface area contributed by atoms with Gasteiger partial charge in [-0.1, -0.05) is 41.4 Å². The maximum Gasteiger partial charge on any atom is 0.261 e. The fraction of sp³-hybridized carbons (Fsp3) is 0.364. The molecule has 29 heavy (non-hydrogen) atoms. The first-order valence-corrected chi connectivity index (χ1v) is 10.0. The van der Waals surface area contributed by atoms with Crippen molar-refractivity contribution < 1.29 is 14.3 Å². The van der Waals surface area contributed by atoms with Gasteiger partial charge in [-0.2, -0.15) is 0 Å². The summed E-state index contributed by atoms with van der Waals surface area (Å²) in [5, 5.41) is 4.04. The molecule has 0 heterocycles. The Bertz CT molecular complexity index is 848. The van der Waals surface area contributed by atoms with Crippen molar-refractivity contribution in [3.63, 3.8) is 0 Å². The molecular weight excluding hydrogens is 411 g/mol. The molecule has 0 aliphatic heterocycles. The number of nitrogens with one attached hydrogen (secondary N) is 1. The monoisotopic (exact) mass is 436 g/mol. The van der Waals surface area contributed by atoms with Crippen LogP contribution in [0, 0.1) is 0 Å². The molecule has 1 N–H and O–H groups in total. The molecule has 0 fully saturated rings. The highest BCUT2D eigenvalue weighted by atomic mass is 35.5. The summed E-state index contributed by atoms with van der Waals surface area (Å²) in [4.78, 5) is 27.1. The van der Waals surface area contributed by atoms with Gasteiger partial charge in [0.05, 0.1) is 0 Å². The topological polar surface area (TPSA) is 58.6 Å². The molecule has 0 spiro atoms. The second-order valence-corrected chi connectivity index (χ2v) is 8.68. The Morgan fingerprint density at radius 3 is 2.31 bits per heavy atom. The molecule has 5 nitrogen and oxygen atoms in total. The third-order valence-electron chi connectivity index (χ3n) is 4.09. The molecule has 2 aromatic carbocycles. The van der Waals surface area contributed by atoms with Crippen LogP contribution in [-0.4, -0.2) is 34.9 Å². The first-order chi connectivity index (χ1) is 13.5. The van der Waals surface area contributed by atoms with Gasteiger partial charge in [0.1, 0.15) is 11.8 Å². The van der Waals surface area contributed by atoms with Crippen LogP contribution in [-0.2, 0) is 16.1 Å². The highest BCUT2D eigenvalue weighted by molar-refractivity contribution is 6.30. The second-order valence-electron chi connectivity index (χ2n) is 7.81. The maximum absolute atomic E-state index is 12.9. The van der Waals surface area contributed by atoms with E-state index in [-0.39, 0.29) is 25.0 Å². The van der Waals surface area contributed by atoms with Crippen LogP contribution in [0.1, 0.15) is 33.3 Å². The van der Waals surface area contributed by atoms with Gasteiger partial charge in [0.15, 0.2) is 6.61 Å². The third-order valence-corrected chi connectivity index (χ3v) is 4.58. The fourth-order valence-electron chi connectivity index (χ4n) is 2.63. The van der Waals surface area contributed by atoms with Crippen LogP contribution in [0.3, 0.4) is 0 Å². The number of rotatable bonds is 7. The van der Waals surface area contributed by atoms with E-state index < -0.39 is 11.6 Å². The van der Waals surface area contributed by atoms with Gasteiger partial charge in [0, 0.05) is 22.1 Å². The van der Waals surface area contributed by atoms with E-state index in [4.69, 9.17) is 27.9 Å². The Morgan fingerprint density at radius 2 is 1.72 bits per heavy atom. The van der Waals surface area contributed by atoms with Crippen molar-refractivity contribution in [3.05, 3.63) is 64.1 Å². The molecule has 0 unspecified atom stereocenters. The Labute approximate surface area is 181 Å². The molecule has 0 saturated carbocycles. The number of nitrogens with zero attached hydrogens (tertiary/aromatic N) is 1. The highest BCUT2D eigenvalue weighted by Gasteiger charge is 2.28. The first kappa shape index (κ1) is 23.0. The molecule has 0 saturated heterocycles. The summed E-state index contributed by atoms with van der Waals surface area (Å²) in [7, 11) is 0. The predicted octanol–water partition coefficient (Wildman–Crippen LogP) is 4.70. The van der Waals surface area contributed by atoms with Crippen molar-refractivity contribution in [2.24, 2.45) is 0 Å². The van der Waals surface area contributed by atoms with Gasteiger partial charge >= 0.3 is 0 Å². The summed E-state index contributed by atoms with van der Waals surface area (Å²) in [6.45, 7) is 7.44. The van der Waals surface area contributed by atoms with E-state index in [9.17, 15) is 9.59 Å². The highest BCUT2D eigenvalue weighted by Crippen LogP contribution is 2.18. The average Bonchev–Trinajstić information content (AvgIpc) is 2.64. The lowest BCUT2D eigenvalue weighted by Gasteiger charge is -2.31. The van der Waals surface area contributed by atoms with Gasteiger partial charge in [-0.25, -0.2) is 0 Å². The lowest BCUT2D eigenvalue weighted by molar-refractivity contribution is -0.142. The van der Waals surface area contributed by atoms with Gasteiger partial charge in [0.2, 0.25) is 5.91 Å². The predicted molar refractivity (Wildman–Crippen MR) is 116 cm³/mol. The number of carbonyl (C=O) groups is 2. The summed E-state index contributed by atoms with van der Waals surface area (Å²) < 4.78 is 5.59. The average molecular weight is 437 g/mol. The second kappa shape index (κ2) is 9.99. The minimum atomic E-state index is -0.680. The van der Waals surface area contributed by atoms with Crippen LogP contribution in [0.15, 0.2) is 48.5 Å². The van der Waals surface area contributed by atoms with Crippen molar-refractivity contribution >= 4 is 35.0 Å². The van der Waals surface area contributed by atoms with E-state index in [1.165, 1.54) is 4.90 Å². The Hall–Kier alpha value is -2.24. The zero-order valence-corrected chi connectivity index (χ0v) is 18.6. The molecule has 0 radical (unpaired) electrons. The largest absolute Gasteiger partial charge is 0.484 e. The van der Waals surface area contributed by atoms with E-state index in [0.717, 1.165) is 5.56 Å². The smallest absolute Gasteiger partial charge is 0.261 e. The van der Waals surface area contributed by atoms with Gasteiger partial charge in [-0.15, -0.1) is 0 Å². The van der Waals surface area contributed by atoms with Crippen molar-refractivity contribution in [3.8, 4) is 5.75 Å². The summed E-state index contributed by atoms with van der Waals surface area (Å²) in [5.74, 6) is -0.0526. The first-order valence-electron chi connectivity index (χ1n) is 9.29. The summed E-state index contributed by atoms with van der Waals surface area (Å²) in [6, 6.07) is 13.3. The lowest BCUT2D eigenvalue weighted by atomic mass is 10.1. The van der Waals surface area contributed by atoms with Gasteiger partial charge in [-0.3, -0.25) is 9.59 Å². The fourth-order valence-corrected chi connectivity index (χ4v) is 2.93. The summed E-state index contributed by atoms with van der Waals surface area (Å²) in [6.07, 6.45) is 0. The number of hydrogen-bond donors (Lipinski definition) is 1. The quantitative estimate of drug-likeness (QED) is 0.683. The molecule has 0 aliphatic rings. The van der Waals surface area contributed by atoms with Crippen molar-refractivity contribution in [1.82, 2.24) is 10.2 Å². The molecule has 0 aromatic heterocycles. The normalized spacial score (nSPS) is 12.2. The Kier molecular flexibility index (Phi) is 7.94. The van der Waals surface area contributed by atoms with Crippen LogP contribution >= 0.6 is 23.2 Å². The molecule has 2 aromatic rings. The zero-order chi connectivity index (χ0) is 21.6. The van der Waals surface area contributed by atoms with Crippen molar-refractivity contribution in [2.75, 3.05) is 6.61 Å². The third kappa shape index (κ3) is 7.59. The van der Waals surface area contributed by atoms with Crippen molar-refractivity contribution in [2.45, 2.75) is 45.8 Å². The van der Waals surface area contributed by atoms with E-state index in [1.807, 2.05) is 32.9 Å². The van der Waals surface area contributed by atoms with Crippen LogP contribution in [0.4, 0.5) is 0 Å². The number of amides is 2. The maximum atomic E-state index is 12.9. The molecule has 1 atom stereocenters. The van der Waals surface area contributed by atoms with Gasteiger partial charge in [0.25, 0.3) is 5.91 Å². The Balaban J connectivity index is 2.16. The molecule has 7 heteroatoms. The number of halogens is 2. The van der Waals surface area contributed by atoms with Crippen LogP contribution in [0.5, 0.6) is 5.75 Å². The van der Waals surface area contributed by atoms with Crippen LogP contribution in [0.25, 0.3) is 0 Å². The molecule has 0 bridgehead atoms. The number of ether oxygens (including phenoxy) is 1. The van der Waals surface area contributed by atoms with Gasteiger partial charge in [-0.05, 0) is 63.6 Å². The zero-order valence-electron chi connectivity index (χ0n) is 17.0. The van der Waals surface area contributed by atoms with Gasteiger partial charge < -0.3 is 15.0 Å². The number of benzene rings is 2.